The fraction of sp³-hybridized carbons (Fsp3) is 0.125. The highest BCUT2D eigenvalue weighted by atomic mass is 79.9. The van der Waals surface area contributed by atoms with Crippen LogP contribution in [0.1, 0.15) is 11.4 Å². The summed E-state index contributed by atoms with van der Waals surface area (Å²) in [5, 5.41) is 0. The van der Waals surface area contributed by atoms with Crippen molar-refractivity contribution in [2.75, 3.05) is 0 Å². The van der Waals surface area contributed by atoms with Crippen molar-refractivity contribution in [3.8, 4) is 12.3 Å². The lowest BCUT2D eigenvalue weighted by molar-refractivity contribution is 0.325. The fourth-order valence-electron chi connectivity index (χ4n) is 1.25. The smallest absolute Gasteiger partial charge is 0.474 e. The van der Waals surface area contributed by atoms with Crippen LogP contribution in [0.4, 0.5) is 0 Å². The lowest BCUT2D eigenvalue weighted by Gasteiger charge is -2.08. The van der Waals surface area contributed by atoms with Gasteiger partial charge >= 0.3 is 15.0 Å². The summed E-state index contributed by atoms with van der Waals surface area (Å²) >= 11 is 3.20. The molecule has 8 heteroatoms. The number of aromatic nitrogens is 2. The van der Waals surface area contributed by atoms with E-state index in [0.29, 0.717) is 21.8 Å². The van der Waals surface area contributed by atoms with E-state index in [1.54, 1.807) is 6.20 Å². The van der Waals surface area contributed by atoms with E-state index in [9.17, 15) is 0 Å². The molecule has 74 valence electrons. The van der Waals surface area contributed by atoms with E-state index < -0.39 is 5.62 Å². The van der Waals surface area contributed by atoms with Crippen LogP contribution in [0.3, 0.4) is 0 Å². The van der Waals surface area contributed by atoms with Crippen molar-refractivity contribution in [2.24, 2.45) is 4.99 Å². The zero-order valence-corrected chi connectivity index (χ0v) is 9.43. The Morgan fingerprint density at radius 2 is 2.38 bits per heavy atom. The van der Waals surface area contributed by atoms with Crippen LogP contribution < -0.4 is 0 Å². The summed E-state index contributed by atoms with van der Waals surface area (Å²) in [6.07, 6.45) is 6.91. The lowest BCUT2D eigenvalue weighted by atomic mass is 9.92. The average Bonchev–Trinajstić information content (AvgIpc) is 3.17. The summed E-state index contributed by atoms with van der Waals surface area (Å²) in [5.41, 5.74) is -0.0275. The van der Waals surface area contributed by atoms with Gasteiger partial charge < -0.3 is 9.31 Å². The van der Waals surface area contributed by atoms with Crippen LogP contribution in [0.15, 0.2) is 15.8 Å². The molecular weight excluding hydrogens is 272 g/mol. The Morgan fingerprint density at radius 1 is 1.62 bits per heavy atom. The Kier molecular flexibility index (Phi) is 2.06. The zero-order chi connectivity index (χ0) is 11.2. The van der Waals surface area contributed by atoms with Crippen LogP contribution in [-0.2, 0) is 14.9 Å². The van der Waals surface area contributed by atoms with E-state index in [1.165, 1.54) is 15.0 Å². The highest BCUT2D eigenvalue weighted by molar-refractivity contribution is 9.10. The number of hydrogen-bond donors (Lipinski definition) is 0. The van der Waals surface area contributed by atoms with Crippen LogP contribution in [0.2, 0.25) is 0 Å². The highest BCUT2D eigenvalue weighted by Gasteiger charge is 2.54. The molecule has 0 aromatic carbocycles. The Bertz CT molecular complexity index is 533. The SMILES string of the molecule is C#Cc1nc(Br)cnc1C1(N=C2[B]O2)[B]O1. The molecular formula is C8H2B2BrN3O2. The van der Waals surface area contributed by atoms with E-state index in [1.807, 2.05) is 0 Å². The first kappa shape index (κ1) is 9.87. The summed E-state index contributed by atoms with van der Waals surface area (Å²) < 4.78 is 10.6. The van der Waals surface area contributed by atoms with Crippen LogP contribution in [0.5, 0.6) is 0 Å². The molecule has 0 spiro atoms. The van der Waals surface area contributed by atoms with Crippen molar-refractivity contribution in [3.05, 3.63) is 22.2 Å². The largest absolute Gasteiger partial charge is 0.549 e. The Morgan fingerprint density at radius 3 is 2.94 bits per heavy atom. The van der Waals surface area contributed by atoms with Crippen LogP contribution in [-0.4, -0.2) is 30.7 Å². The van der Waals surface area contributed by atoms with Crippen LogP contribution in [0.25, 0.3) is 0 Å². The van der Waals surface area contributed by atoms with Gasteiger partial charge in [0.1, 0.15) is 16.0 Å². The minimum absolute atomic E-state index is 0.396. The van der Waals surface area contributed by atoms with Gasteiger partial charge in [-0.25, -0.2) is 9.98 Å². The summed E-state index contributed by atoms with van der Waals surface area (Å²) in [4.78, 5) is 12.5. The van der Waals surface area contributed by atoms with Gasteiger partial charge in [0.25, 0.3) is 0 Å². The van der Waals surface area contributed by atoms with Crippen molar-refractivity contribution in [3.63, 3.8) is 0 Å². The minimum atomic E-state index is -0.919. The first-order chi connectivity index (χ1) is 7.73. The molecule has 0 bridgehead atoms. The van der Waals surface area contributed by atoms with Gasteiger partial charge in [-0.05, 0) is 21.9 Å². The number of terminal acetylenes is 1. The minimum Gasteiger partial charge on any atom is -0.549 e. The maximum atomic E-state index is 5.36. The average molecular weight is 274 g/mol. The Balaban J connectivity index is 2.06. The standard InChI is InChI=1S/C8H2B2BrN3O2/c1-2-4-6(12-3-5(11)13-4)8(10-16-8)14-7-9-15-7/h1,3H. The van der Waals surface area contributed by atoms with Crippen molar-refractivity contribution >= 4 is 36.7 Å². The quantitative estimate of drug-likeness (QED) is 0.432. The molecule has 2 fully saturated rings. The number of rotatable bonds is 2. The molecule has 0 amide bonds. The molecule has 2 aliphatic heterocycles. The van der Waals surface area contributed by atoms with E-state index in [2.05, 4.69) is 36.8 Å². The first-order valence-corrected chi connectivity index (χ1v) is 5.14. The fourth-order valence-corrected chi connectivity index (χ4v) is 1.53. The topological polar surface area (TPSA) is 63.2 Å². The second kappa shape index (κ2) is 3.34. The maximum Gasteiger partial charge on any atom is 0.474 e. The second-order valence-electron chi connectivity index (χ2n) is 3.15. The lowest BCUT2D eigenvalue weighted by Crippen LogP contribution is -2.13. The summed E-state index contributed by atoms with van der Waals surface area (Å²) in [7, 11) is 3.05. The second-order valence-corrected chi connectivity index (χ2v) is 3.96. The third-order valence-corrected chi connectivity index (χ3v) is 2.44. The molecule has 2 aliphatic rings. The molecule has 5 nitrogen and oxygen atoms in total. The van der Waals surface area contributed by atoms with Crippen molar-refractivity contribution in [1.29, 1.82) is 0 Å². The van der Waals surface area contributed by atoms with E-state index >= 15 is 0 Å². The third-order valence-electron chi connectivity index (χ3n) is 2.06. The molecule has 3 heterocycles. The van der Waals surface area contributed by atoms with Crippen LogP contribution in [0, 0.1) is 12.3 Å². The normalized spacial score (nSPS) is 27.4. The van der Waals surface area contributed by atoms with Gasteiger partial charge in [0, 0.05) is 0 Å². The predicted octanol–water partition coefficient (Wildman–Crippen LogP) is -0.0145. The van der Waals surface area contributed by atoms with Crippen molar-refractivity contribution < 1.29 is 9.31 Å². The molecule has 0 N–H and O–H groups in total. The molecule has 16 heavy (non-hydrogen) atoms. The molecule has 1 aromatic heterocycles. The van der Waals surface area contributed by atoms with Gasteiger partial charge in [0.15, 0.2) is 11.4 Å². The number of hydrogen-bond acceptors (Lipinski definition) is 5. The Labute approximate surface area is 101 Å². The van der Waals surface area contributed by atoms with E-state index in [0.717, 1.165) is 0 Å². The third kappa shape index (κ3) is 1.62. The van der Waals surface area contributed by atoms with Gasteiger partial charge in [0.05, 0.1) is 6.20 Å². The summed E-state index contributed by atoms with van der Waals surface area (Å²) in [6.45, 7) is 0. The highest BCUT2D eigenvalue weighted by Crippen LogP contribution is 2.39. The van der Waals surface area contributed by atoms with Crippen molar-refractivity contribution in [1.82, 2.24) is 9.97 Å². The van der Waals surface area contributed by atoms with Crippen molar-refractivity contribution in [2.45, 2.75) is 5.62 Å². The predicted molar refractivity (Wildman–Crippen MR) is 60.5 cm³/mol. The molecule has 1 aromatic rings. The molecule has 0 aliphatic carbocycles. The van der Waals surface area contributed by atoms with Crippen LogP contribution >= 0.6 is 15.9 Å². The molecule has 2 saturated heterocycles. The van der Waals surface area contributed by atoms with Gasteiger partial charge in [-0.1, -0.05) is 0 Å². The summed E-state index contributed by atoms with van der Waals surface area (Å²) in [6, 6.07) is 0. The van der Waals surface area contributed by atoms with Gasteiger partial charge in [-0.3, -0.25) is 4.98 Å². The molecule has 1 atom stereocenters. The number of halogens is 1. The molecule has 1 unspecified atom stereocenters. The monoisotopic (exact) mass is 273 g/mol. The number of nitrogens with zero attached hydrogens (tertiary/aromatic N) is 3. The molecule has 3 rings (SSSR count). The molecule has 0 saturated carbocycles. The first-order valence-electron chi connectivity index (χ1n) is 4.35. The number of aliphatic imine (C=N–C) groups is 1. The van der Waals surface area contributed by atoms with E-state index in [-0.39, 0.29) is 0 Å². The van der Waals surface area contributed by atoms with Gasteiger partial charge in [-0.2, -0.15) is 0 Å². The Hall–Kier alpha value is -1.32. The van der Waals surface area contributed by atoms with Gasteiger partial charge in [-0.15, -0.1) is 6.42 Å². The zero-order valence-electron chi connectivity index (χ0n) is 7.85. The van der Waals surface area contributed by atoms with Gasteiger partial charge in [0.2, 0.25) is 0 Å². The van der Waals surface area contributed by atoms with E-state index in [4.69, 9.17) is 15.7 Å². The molecule has 2 radical (unpaired) electrons. The summed E-state index contributed by atoms with van der Waals surface area (Å²) in [5.74, 6) is 2.97. The maximum absolute atomic E-state index is 5.36.